The molecule has 1 aromatic heterocycles. The quantitative estimate of drug-likeness (QED) is 0.653. The molecule has 0 fully saturated rings. The molecule has 1 heterocycles. The number of hydrogen-bond acceptors (Lipinski definition) is 4. The lowest BCUT2D eigenvalue weighted by atomic mass is 10.1. The zero-order valence-electron chi connectivity index (χ0n) is 10.3. The average Bonchev–Trinajstić information content (AvgIpc) is 2.87. The van der Waals surface area contributed by atoms with E-state index in [0.717, 1.165) is 6.07 Å². The van der Waals surface area contributed by atoms with Gasteiger partial charge in [-0.15, -0.1) is 0 Å². The molecule has 0 saturated heterocycles. The second-order valence-electron chi connectivity index (χ2n) is 4.24. The topological polar surface area (TPSA) is 97.8 Å². The summed E-state index contributed by atoms with van der Waals surface area (Å²) in [6.45, 7) is 2.35. The van der Waals surface area contributed by atoms with Crippen LogP contribution in [0.2, 0.25) is 0 Å². The van der Waals surface area contributed by atoms with Gasteiger partial charge in [-0.05, 0) is 12.1 Å². The van der Waals surface area contributed by atoms with E-state index < -0.39 is 16.4 Å². The maximum Gasteiger partial charge on any atom is 0.305 e. The molecule has 100 valence electrons. The van der Waals surface area contributed by atoms with Gasteiger partial charge in [-0.1, -0.05) is 6.92 Å². The van der Waals surface area contributed by atoms with E-state index in [0.29, 0.717) is 23.6 Å². The van der Waals surface area contributed by atoms with Crippen LogP contribution in [0.1, 0.15) is 18.7 Å². The number of benzene rings is 1. The van der Waals surface area contributed by atoms with E-state index in [2.05, 4.69) is 9.97 Å². The lowest BCUT2D eigenvalue weighted by Gasteiger charge is -2.03. The van der Waals surface area contributed by atoms with Gasteiger partial charge < -0.3 is 10.7 Å². The van der Waals surface area contributed by atoms with Crippen molar-refractivity contribution in [2.24, 2.45) is 5.73 Å². The van der Waals surface area contributed by atoms with Gasteiger partial charge in [-0.2, -0.15) is 4.39 Å². The highest BCUT2D eigenvalue weighted by Gasteiger charge is 2.16. The Labute approximate surface area is 108 Å². The number of imidazole rings is 1. The number of rotatable bonds is 4. The second kappa shape index (κ2) is 5.15. The fourth-order valence-corrected chi connectivity index (χ4v) is 1.67. The number of H-pyrrole nitrogens is 1. The number of aromatic nitrogens is 2. The van der Waals surface area contributed by atoms with Gasteiger partial charge in [0.15, 0.2) is 0 Å². The third-order valence-electron chi connectivity index (χ3n) is 2.87. The average molecular weight is 264 g/mol. The van der Waals surface area contributed by atoms with Gasteiger partial charge in [0.1, 0.15) is 5.82 Å². The molecule has 0 aliphatic rings. The van der Waals surface area contributed by atoms with E-state index in [4.69, 9.17) is 5.73 Å². The highest BCUT2D eigenvalue weighted by atomic mass is 19.1. The van der Waals surface area contributed by atoms with Gasteiger partial charge in [0.2, 0.25) is 5.82 Å². The first kappa shape index (κ1) is 13.2. The van der Waals surface area contributed by atoms with Crippen LogP contribution in [0.5, 0.6) is 0 Å². The van der Waals surface area contributed by atoms with Gasteiger partial charge in [0.25, 0.3) is 0 Å². The van der Waals surface area contributed by atoms with Gasteiger partial charge in [0, 0.05) is 24.1 Å². The molecule has 1 aromatic carbocycles. The molecular formula is C12H13FN4O2. The molecule has 0 aliphatic carbocycles. The lowest BCUT2D eigenvalue weighted by Crippen LogP contribution is -2.10. The third kappa shape index (κ3) is 2.60. The summed E-state index contributed by atoms with van der Waals surface area (Å²) >= 11 is 0. The summed E-state index contributed by atoms with van der Waals surface area (Å²) in [5.74, 6) is -0.0996. The summed E-state index contributed by atoms with van der Waals surface area (Å²) < 4.78 is 13.2. The monoisotopic (exact) mass is 264 g/mol. The van der Waals surface area contributed by atoms with Crippen molar-refractivity contribution in [2.75, 3.05) is 6.54 Å². The molecule has 0 bridgehead atoms. The van der Waals surface area contributed by atoms with E-state index >= 15 is 0 Å². The first-order valence-corrected chi connectivity index (χ1v) is 5.72. The maximum atomic E-state index is 13.2. The molecule has 0 radical (unpaired) electrons. The molecule has 7 heteroatoms. The van der Waals surface area contributed by atoms with E-state index in [-0.39, 0.29) is 5.92 Å². The Kier molecular flexibility index (Phi) is 3.57. The first-order chi connectivity index (χ1) is 9.02. The number of nitro groups is 1. The number of aromatic amines is 1. The highest BCUT2D eigenvalue weighted by Crippen LogP contribution is 2.26. The van der Waals surface area contributed by atoms with Crippen LogP contribution in [0, 0.1) is 15.9 Å². The van der Waals surface area contributed by atoms with Gasteiger partial charge in [-0.3, -0.25) is 10.1 Å². The number of nitrogens with two attached hydrogens (primary N) is 1. The van der Waals surface area contributed by atoms with E-state index in [9.17, 15) is 14.5 Å². The van der Waals surface area contributed by atoms with Crippen molar-refractivity contribution >= 4 is 5.69 Å². The minimum atomic E-state index is -0.858. The summed E-state index contributed by atoms with van der Waals surface area (Å²) in [6, 6.07) is 3.72. The predicted molar refractivity (Wildman–Crippen MR) is 68.1 cm³/mol. The van der Waals surface area contributed by atoms with Gasteiger partial charge >= 0.3 is 5.69 Å². The Morgan fingerprint density at radius 2 is 2.32 bits per heavy atom. The standard InChI is InChI=1S/C12H13FN4O2/c1-7(5-14)12-15-6-10(16-12)8-2-3-9(13)11(4-8)17(18)19/h2-4,6-7H,5,14H2,1H3,(H,15,16). The molecule has 19 heavy (non-hydrogen) atoms. The number of nitro benzene ring substituents is 1. The molecule has 1 atom stereocenters. The van der Waals surface area contributed by atoms with Crippen LogP contribution in [-0.4, -0.2) is 21.4 Å². The zero-order valence-corrected chi connectivity index (χ0v) is 10.3. The van der Waals surface area contributed by atoms with Crippen LogP contribution in [0.25, 0.3) is 11.3 Å². The number of nitrogens with one attached hydrogen (secondary N) is 1. The Morgan fingerprint density at radius 3 is 2.95 bits per heavy atom. The summed E-state index contributed by atoms with van der Waals surface area (Å²) in [5.41, 5.74) is 6.09. The maximum absolute atomic E-state index is 13.2. The largest absolute Gasteiger partial charge is 0.342 e. The first-order valence-electron chi connectivity index (χ1n) is 5.72. The molecule has 3 N–H and O–H groups in total. The minimum Gasteiger partial charge on any atom is -0.342 e. The fraction of sp³-hybridized carbons (Fsp3) is 0.250. The SMILES string of the molecule is CC(CN)c1ncc(-c2ccc(F)c([N+](=O)[O-])c2)[nH]1. The van der Waals surface area contributed by atoms with Crippen LogP contribution < -0.4 is 5.73 Å². The van der Waals surface area contributed by atoms with E-state index in [1.54, 1.807) is 6.20 Å². The molecule has 6 nitrogen and oxygen atoms in total. The number of halogens is 1. The summed E-state index contributed by atoms with van der Waals surface area (Å²) in [5, 5.41) is 10.7. The molecule has 0 saturated carbocycles. The van der Waals surface area contributed by atoms with Crippen LogP contribution in [0.3, 0.4) is 0 Å². The summed E-state index contributed by atoms with van der Waals surface area (Å²) in [4.78, 5) is 17.1. The molecule has 0 amide bonds. The number of hydrogen-bond donors (Lipinski definition) is 2. The predicted octanol–water partition coefficient (Wildman–Crippen LogP) is 2.19. The minimum absolute atomic E-state index is 0.0594. The molecular weight excluding hydrogens is 251 g/mol. The zero-order chi connectivity index (χ0) is 14.0. The fourth-order valence-electron chi connectivity index (χ4n) is 1.67. The van der Waals surface area contributed by atoms with E-state index in [1.165, 1.54) is 12.1 Å². The van der Waals surface area contributed by atoms with Crippen LogP contribution >= 0.6 is 0 Å². The van der Waals surface area contributed by atoms with Crippen molar-refractivity contribution in [3.63, 3.8) is 0 Å². The Morgan fingerprint density at radius 1 is 1.58 bits per heavy atom. The van der Waals surface area contributed by atoms with Gasteiger partial charge in [-0.25, -0.2) is 4.98 Å². The normalized spacial score (nSPS) is 12.4. The Hall–Kier alpha value is -2.28. The second-order valence-corrected chi connectivity index (χ2v) is 4.24. The smallest absolute Gasteiger partial charge is 0.305 e. The Balaban J connectivity index is 2.39. The van der Waals surface area contributed by atoms with Crippen molar-refractivity contribution < 1.29 is 9.31 Å². The third-order valence-corrected chi connectivity index (χ3v) is 2.87. The molecule has 1 unspecified atom stereocenters. The van der Waals surface area contributed by atoms with E-state index in [1.807, 2.05) is 6.92 Å². The molecule has 0 aliphatic heterocycles. The van der Waals surface area contributed by atoms with Gasteiger partial charge in [0.05, 0.1) is 16.8 Å². The highest BCUT2D eigenvalue weighted by molar-refractivity contribution is 5.62. The number of nitrogens with zero attached hydrogens (tertiary/aromatic N) is 2. The van der Waals surface area contributed by atoms with Crippen LogP contribution in [-0.2, 0) is 0 Å². The molecule has 2 aromatic rings. The van der Waals surface area contributed by atoms with Crippen LogP contribution in [0.15, 0.2) is 24.4 Å². The van der Waals surface area contributed by atoms with Crippen molar-refractivity contribution in [3.8, 4) is 11.3 Å². The lowest BCUT2D eigenvalue weighted by molar-refractivity contribution is -0.387. The summed E-state index contributed by atoms with van der Waals surface area (Å²) in [6.07, 6.45) is 1.55. The van der Waals surface area contributed by atoms with Crippen molar-refractivity contribution in [2.45, 2.75) is 12.8 Å². The van der Waals surface area contributed by atoms with Crippen molar-refractivity contribution in [1.29, 1.82) is 0 Å². The molecule has 0 spiro atoms. The van der Waals surface area contributed by atoms with Crippen molar-refractivity contribution in [3.05, 3.63) is 46.2 Å². The molecule has 2 rings (SSSR count). The summed E-state index contributed by atoms with van der Waals surface area (Å²) in [7, 11) is 0. The van der Waals surface area contributed by atoms with Crippen molar-refractivity contribution in [1.82, 2.24) is 9.97 Å². The Bertz CT molecular complexity index is 612. The van der Waals surface area contributed by atoms with Crippen LogP contribution in [0.4, 0.5) is 10.1 Å².